The SMILES string of the molecule is CCN1CCOC(CNCCN2CCOCC2)C1. The molecule has 2 aliphatic heterocycles. The topological polar surface area (TPSA) is 37.0 Å². The fourth-order valence-electron chi connectivity index (χ4n) is 2.52. The number of nitrogens with zero attached hydrogens (tertiary/aromatic N) is 2. The van der Waals surface area contributed by atoms with Crippen molar-refractivity contribution in [3.05, 3.63) is 0 Å². The molecule has 0 spiro atoms. The summed E-state index contributed by atoms with van der Waals surface area (Å²) in [6, 6.07) is 0. The molecule has 0 aromatic carbocycles. The molecule has 0 aromatic heterocycles. The Morgan fingerprint density at radius 1 is 1.11 bits per heavy atom. The molecule has 0 radical (unpaired) electrons. The van der Waals surface area contributed by atoms with E-state index < -0.39 is 0 Å². The fourth-order valence-corrected chi connectivity index (χ4v) is 2.52. The molecule has 2 rings (SSSR count). The predicted octanol–water partition coefficient (Wildman–Crippen LogP) is -0.371. The highest BCUT2D eigenvalue weighted by atomic mass is 16.5. The zero-order chi connectivity index (χ0) is 12.6. The number of morpholine rings is 2. The molecule has 2 saturated heterocycles. The predicted molar refractivity (Wildman–Crippen MR) is 72.0 cm³/mol. The van der Waals surface area contributed by atoms with E-state index in [-0.39, 0.29) is 0 Å². The Bertz CT molecular complexity index is 222. The second-order valence-electron chi connectivity index (χ2n) is 5.04. The molecule has 5 nitrogen and oxygen atoms in total. The van der Waals surface area contributed by atoms with E-state index in [0.717, 1.165) is 72.2 Å². The summed E-state index contributed by atoms with van der Waals surface area (Å²) >= 11 is 0. The monoisotopic (exact) mass is 257 g/mol. The summed E-state index contributed by atoms with van der Waals surface area (Å²) in [5.41, 5.74) is 0. The van der Waals surface area contributed by atoms with Gasteiger partial charge in [-0.3, -0.25) is 9.80 Å². The average molecular weight is 257 g/mol. The highest BCUT2D eigenvalue weighted by Crippen LogP contribution is 2.03. The molecule has 0 bridgehead atoms. The van der Waals surface area contributed by atoms with Crippen LogP contribution < -0.4 is 5.32 Å². The Balaban J connectivity index is 1.52. The molecule has 0 saturated carbocycles. The Morgan fingerprint density at radius 2 is 1.89 bits per heavy atom. The van der Waals surface area contributed by atoms with Gasteiger partial charge in [-0.15, -0.1) is 0 Å². The van der Waals surface area contributed by atoms with Crippen LogP contribution in [0.3, 0.4) is 0 Å². The standard InChI is InChI=1S/C13H27N3O2/c1-2-15-7-10-18-13(12-15)11-14-3-4-16-5-8-17-9-6-16/h13-14H,2-12H2,1H3. The van der Waals surface area contributed by atoms with Crippen LogP contribution in [0.5, 0.6) is 0 Å². The Morgan fingerprint density at radius 3 is 2.67 bits per heavy atom. The van der Waals surface area contributed by atoms with E-state index in [1.54, 1.807) is 0 Å². The Hall–Kier alpha value is -0.200. The van der Waals surface area contributed by atoms with Gasteiger partial charge in [-0.1, -0.05) is 6.92 Å². The second kappa shape index (κ2) is 8.07. The van der Waals surface area contributed by atoms with Gasteiger partial charge in [-0.05, 0) is 6.54 Å². The molecule has 5 heteroatoms. The van der Waals surface area contributed by atoms with Crippen LogP contribution in [-0.2, 0) is 9.47 Å². The zero-order valence-electron chi connectivity index (χ0n) is 11.6. The van der Waals surface area contributed by atoms with Crippen molar-refractivity contribution in [2.75, 3.05) is 72.2 Å². The summed E-state index contributed by atoms with van der Waals surface area (Å²) in [5, 5.41) is 3.51. The summed E-state index contributed by atoms with van der Waals surface area (Å²) in [6.07, 6.45) is 0.364. The van der Waals surface area contributed by atoms with Gasteiger partial charge in [0, 0.05) is 45.8 Å². The van der Waals surface area contributed by atoms with Crippen molar-refractivity contribution in [2.24, 2.45) is 0 Å². The van der Waals surface area contributed by atoms with Gasteiger partial charge in [0.2, 0.25) is 0 Å². The second-order valence-corrected chi connectivity index (χ2v) is 5.04. The molecule has 106 valence electrons. The first kappa shape index (κ1) is 14.2. The lowest BCUT2D eigenvalue weighted by Crippen LogP contribution is -2.47. The van der Waals surface area contributed by atoms with Crippen molar-refractivity contribution in [3.63, 3.8) is 0 Å². The van der Waals surface area contributed by atoms with Crippen LogP contribution >= 0.6 is 0 Å². The summed E-state index contributed by atoms with van der Waals surface area (Å²) < 4.78 is 11.1. The minimum Gasteiger partial charge on any atom is -0.379 e. The fraction of sp³-hybridized carbons (Fsp3) is 1.00. The van der Waals surface area contributed by atoms with Crippen LogP contribution in [0.2, 0.25) is 0 Å². The third-order valence-electron chi connectivity index (χ3n) is 3.75. The maximum atomic E-state index is 5.76. The first-order valence-electron chi connectivity index (χ1n) is 7.23. The van der Waals surface area contributed by atoms with E-state index in [1.165, 1.54) is 0 Å². The number of ether oxygens (including phenoxy) is 2. The summed E-state index contributed by atoms with van der Waals surface area (Å²) in [7, 11) is 0. The molecule has 1 unspecified atom stereocenters. The molecular formula is C13H27N3O2. The van der Waals surface area contributed by atoms with Crippen LogP contribution in [0.1, 0.15) is 6.92 Å². The molecule has 1 N–H and O–H groups in total. The Kier molecular flexibility index (Phi) is 6.37. The molecule has 0 amide bonds. The molecule has 18 heavy (non-hydrogen) atoms. The van der Waals surface area contributed by atoms with E-state index >= 15 is 0 Å². The van der Waals surface area contributed by atoms with Crippen LogP contribution in [0.25, 0.3) is 0 Å². The quantitative estimate of drug-likeness (QED) is 0.657. The average Bonchev–Trinajstić information content (AvgIpc) is 2.45. The van der Waals surface area contributed by atoms with E-state index in [1.807, 2.05) is 0 Å². The van der Waals surface area contributed by atoms with Gasteiger partial charge >= 0.3 is 0 Å². The van der Waals surface area contributed by atoms with Crippen LogP contribution in [0, 0.1) is 0 Å². The van der Waals surface area contributed by atoms with Crippen molar-refractivity contribution in [1.29, 1.82) is 0 Å². The van der Waals surface area contributed by atoms with Crippen molar-refractivity contribution in [1.82, 2.24) is 15.1 Å². The van der Waals surface area contributed by atoms with Crippen molar-refractivity contribution < 1.29 is 9.47 Å². The largest absolute Gasteiger partial charge is 0.379 e. The van der Waals surface area contributed by atoms with Gasteiger partial charge in [0.1, 0.15) is 0 Å². The number of rotatable bonds is 6. The highest BCUT2D eigenvalue weighted by molar-refractivity contribution is 4.73. The molecule has 2 heterocycles. The normalized spacial score (nSPS) is 27.5. The van der Waals surface area contributed by atoms with Crippen LogP contribution in [-0.4, -0.2) is 88.1 Å². The molecule has 2 aliphatic rings. The number of likely N-dealkylation sites (N-methyl/N-ethyl adjacent to an activating group) is 1. The maximum Gasteiger partial charge on any atom is 0.0826 e. The van der Waals surface area contributed by atoms with Gasteiger partial charge in [-0.25, -0.2) is 0 Å². The van der Waals surface area contributed by atoms with E-state index in [2.05, 4.69) is 22.0 Å². The van der Waals surface area contributed by atoms with Crippen molar-refractivity contribution in [3.8, 4) is 0 Å². The van der Waals surface area contributed by atoms with Crippen molar-refractivity contribution >= 4 is 0 Å². The maximum absolute atomic E-state index is 5.76. The zero-order valence-corrected chi connectivity index (χ0v) is 11.6. The van der Waals surface area contributed by atoms with Gasteiger partial charge < -0.3 is 14.8 Å². The van der Waals surface area contributed by atoms with Crippen molar-refractivity contribution in [2.45, 2.75) is 13.0 Å². The van der Waals surface area contributed by atoms with Gasteiger partial charge in [0.15, 0.2) is 0 Å². The molecular weight excluding hydrogens is 230 g/mol. The summed E-state index contributed by atoms with van der Waals surface area (Å²) in [6.45, 7) is 13.4. The lowest BCUT2D eigenvalue weighted by Gasteiger charge is -2.32. The third-order valence-corrected chi connectivity index (χ3v) is 3.75. The number of hydrogen-bond acceptors (Lipinski definition) is 5. The first-order valence-corrected chi connectivity index (χ1v) is 7.23. The smallest absolute Gasteiger partial charge is 0.0826 e. The Labute approximate surface area is 110 Å². The van der Waals surface area contributed by atoms with E-state index in [0.29, 0.717) is 6.10 Å². The summed E-state index contributed by atoms with van der Waals surface area (Å²) in [4.78, 5) is 4.91. The van der Waals surface area contributed by atoms with Gasteiger partial charge in [0.05, 0.1) is 25.9 Å². The molecule has 0 aromatic rings. The highest BCUT2D eigenvalue weighted by Gasteiger charge is 2.18. The first-order chi connectivity index (χ1) is 8.88. The number of hydrogen-bond donors (Lipinski definition) is 1. The molecule has 1 atom stereocenters. The molecule has 2 fully saturated rings. The lowest BCUT2D eigenvalue weighted by molar-refractivity contribution is -0.0256. The third kappa shape index (κ3) is 4.82. The summed E-state index contributed by atoms with van der Waals surface area (Å²) in [5.74, 6) is 0. The van der Waals surface area contributed by atoms with Gasteiger partial charge in [0.25, 0.3) is 0 Å². The molecule has 0 aliphatic carbocycles. The lowest BCUT2D eigenvalue weighted by atomic mass is 10.2. The minimum atomic E-state index is 0.364. The van der Waals surface area contributed by atoms with E-state index in [4.69, 9.17) is 9.47 Å². The number of nitrogens with one attached hydrogen (secondary N) is 1. The van der Waals surface area contributed by atoms with Crippen LogP contribution in [0.15, 0.2) is 0 Å². The van der Waals surface area contributed by atoms with Crippen LogP contribution in [0.4, 0.5) is 0 Å². The van der Waals surface area contributed by atoms with Gasteiger partial charge in [-0.2, -0.15) is 0 Å². The minimum absolute atomic E-state index is 0.364. The van der Waals surface area contributed by atoms with E-state index in [9.17, 15) is 0 Å².